The number of benzene rings is 3. The molecule has 0 unspecified atom stereocenters. The molecule has 9 heteroatoms. The lowest BCUT2D eigenvalue weighted by atomic mass is 9.90. The summed E-state index contributed by atoms with van der Waals surface area (Å²) in [5.74, 6) is 0.698. The normalized spacial score (nSPS) is 23.9. The van der Waals surface area contributed by atoms with Gasteiger partial charge in [-0.2, -0.15) is 0 Å². The Morgan fingerprint density at radius 1 is 0.897 bits per heavy atom. The summed E-state index contributed by atoms with van der Waals surface area (Å²) in [5.41, 5.74) is 3.54. The predicted molar refractivity (Wildman–Crippen MR) is 148 cm³/mol. The molecular weight excluding hydrogens is 522 g/mol. The van der Waals surface area contributed by atoms with Crippen molar-refractivity contribution in [1.82, 2.24) is 5.32 Å². The topological polar surface area (TPSA) is 132 Å². The minimum atomic E-state index is -1.45. The first-order valence-electron chi connectivity index (χ1n) is 13.1. The average Bonchev–Trinajstić information content (AvgIpc) is 2.95. The molecule has 3 aromatic carbocycles. The molecule has 1 aliphatic rings. The highest BCUT2D eigenvalue weighted by atomic mass is 35.5. The molecule has 6 N–H and O–H groups in total. The van der Waals surface area contributed by atoms with E-state index in [0.29, 0.717) is 48.9 Å². The maximum atomic E-state index is 10.5. The number of hydrogen-bond donors (Lipinski definition) is 6. The maximum Gasteiger partial charge on any atom is 0.119 e. The fourth-order valence-corrected chi connectivity index (χ4v) is 4.79. The second-order valence-electron chi connectivity index (χ2n) is 9.83. The van der Waals surface area contributed by atoms with Crippen molar-refractivity contribution in [3.8, 4) is 5.75 Å². The SMILES string of the molecule is OC[C@H]1O[C@@H](c2ccc(Cl)c(Cc3ccc(OCC[C@H](O)CNCc4ccccc4)cc3)c2)[C@H](O)[C@@H](O)[C@@H]1O. The van der Waals surface area contributed by atoms with E-state index in [-0.39, 0.29) is 0 Å². The third-order valence-electron chi connectivity index (χ3n) is 6.88. The van der Waals surface area contributed by atoms with E-state index in [2.05, 4.69) is 5.32 Å². The highest BCUT2D eigenvalue weighted by Crippen LogP contribution is 2.34. The Morgan fingerprint density at radius 2 is 1.64 bits per heavy atom. The van der Waals surface area contributed by atoms with Gasteiger partial charge in [0.05, 0.1) is 19.3 Å². The molecule has 3 aromatic rings. The maximum absolute atomic E-state index is 10.5. The van der Waals surface area contributed by atoms with Crippen LogP contribution in [0.15, 0.2) is 72.8 Å². The summed E-state index contributed by atoms with van der Waals surface area (Å²) in [7, 11) is 0. The van der Waals surface area contributed by atoms with Crippen LogP contribution in [0.25, 0.3) is 0 Å². The van der Waals surface area contributed by atoms with Crippen molar-refractivity contribution in [2.75, 3.05) is 19.8 Å². The molecule has 0 radical (unpaired) electrons. The van der Waals surface area contributed by atoms with Gasteiger partial charge in [-0.3, -0.25) is 0 Å². The van der Waals surface area contributed by atoms with Crippen molar-refractivity contribution in [2.24, 2.45) is 0 Å². The molecule has 0 spiro atoms. The highest BCUT2D eigenvalue weighted by molar-refractivity contribution is 6.31. The van der Waals surface area contributed by atoms with E-state index in [1.54, 1.807) is 18.2 Å². The van der Waals surface area contributed by atoms with Crippen molar-refractivity contribution >= 4 is 11.6 Å². The second kappa shape index (κ2) is 14.2. The number of nitrogens with one attached hydrogen (secondary N) is 1. The van der Waals surface area contributed by atoms with Crippen LogP contribution in [0.4, 0.5) is 0 Å². The molecule has 4 rings (SSSR count). The van der Waals surface area contributed by atoms with E-state index < -0.39 is 43.2 Å². The van der Waals surface area contributed by atoms with Gasteiger partial charge in [0, 0.05) is 24.5 Å². The summed E-state index contributed by atoms with van der Waals surface area (Å²) in [4.78, 5) is 0. The third kappa shape index (κ3) is 8.00. The van der Waals surface area contributed by atoms with E-state index >= 15 is 0 Å². The Kier molecular flexibility index (Phi) is 10.7. The van der Waals surface area contributed by atoms with Crippen LogP contribution in [-0.4, -0.2) is 75.8 Å². The van der Waals surface area contributed by atoms with E-state index in [1.807, 2.05) is 54.6 Å². The molecule has 1 fully saturated rings. The summed E-state index contributed by atoms with van der Waals surface area (Å²) in [6, 6.07) is 22.8. The Bertz CT molecular complexity index is 1160. The Labute approximate surface area is 233 Å². The summed E-state index contributed by atoms with van der Waals surface area (Å²) in [5, 5.41) is 54.1. The molecule has 6 atom stereocenters. The highest BCUT2D eigenvalue weighted by Gasteiger charge is 2.44. The van der Waals surface area contributed by atoms with E-state index in [4.69, 9.17) is 21.1 Å². The summed E-state index contributed by atoms with van der Waals surface area (Å²) < 4.78 is 11.5. The minimum Gasteiger partial charge on any atom is -0.493 e. The Hall–Kier alpha value is -2.53. The van der Waals surface area contributed by atoms with E-state index in [1.165, 1.54) is 5.56 Å². The lowest BCUT2D eigenvalue weighted by Crippen LogP contribution is -2.55. The molecule has 0 bridgehead atoms. The van der Waals surface area contributed by atoms with Gasteiger partial charge < -0.3 is 40.3 Å². The number of aliphatic hydroxyl groups excluding tert-OH is 5. The van der Waals surface area contributed by atoms with Gasteiger partial charge in [0.1, 0.15) is 36.3 Å². The molecule has 1 aliphatic heterocycles. The largest absolute Gasteiger partial charge is 0.493 e. The standard InChI is InChI=1S/C30H36ClNO7/c31-25-11-8-21(30-29(37)28(36)27(35)26(18-33)39-30)15-22(25)14-19-6-9-24(10-7-19)38-13-12-23(34)17-32-16-20-4-2-1-3-5-20/h1-11,15,23,26-30,32-37H,12-14,16-18H2/t23-,26+,27+,28-,29+,30-/m0/s1. The number of ether oxygens (including phenoxy) is 2. The first kappa shape index (κ1) is 29.5. The molecule has 39 heavy (non-hydrogen) atoms. The van der Waals surface area contributed by atoms with Gasteiger partial charge in [0.2, 0.25) is 0 Å². The van der Waals surface area contributed by atoms with Crippen LogP contribution >= 0.6 is 11.6 Å². The molecule has 1 heterocycles. The third-order valence-corrected chi connectivity index (χ3v) is 7.25. The van der Waals surface area contributed by atoms with Crippen molar-refractivity contribution in [2.45, 2.75) is 56.0 Å². The van der Waals surface area contributed by atoms with Crippen LogP contribution < -0.4 is 10.1 Å². The lowest BCUT2D eigenvalue weighted by Gasteiger charge is -2.40. The molecule has 0 aromatic heterocycles. The van der Waals surface area contributed by atoms with Crippen LogP contribution in [0.3, 0.4) is 0 Å². The van der Waals surface area contributed by atoms with Gasteiger partial charge in [-0.15, -0.1) is 0 Å². The monoisotopic (exact) mass is 557 g/mol. The fourth-order valence-electron chi connectivity index (χ4n) is 4.60. The van der Waals surface area contributed by atoms with Crippen LogP contribution in [0.5, 0.6) is 5.75 Å². The zero-order valence-electron chi connectivity index (χ0n) is 21.6. The number of hydrogen-bond acceptors (Lipinski definition) is 8. The zero-order valence-corrected chi connectivity index (χ0v) is 22.3. The Balaban J connectivity index is 1.27. The molecule has 210 valence electrons. The molecule has 0 aliphatic carbocycles. The zero-order chi connectivity index (χ0) is 27.8. The summed E-state index contributed by atoms with van der Waals surface area (Å²) >= 11 is 6.44. The smallest absolute Gasteiger partial charge is 0.119 e. The van der Waals surface area contributed by atoms with Gasteiger partial charge >= 0.3 is 0 Å². The number of aliphatic hydroxyl groups is 5. The molecule has 1 saturated heterocycles. The summed E-state index contributed by atoms with van der Waals surface area (Å²) in [6.07, 6.45) is -5.60. The van der Waals surface area contributed by atoms with Gasteiger partial charge in [-0.1, -0.05) is 66.2 Å². The molecule has 8 nitrogen and oxygen atoms in total. The van der Waals surface area contributed by atoms with Crippen molar-refractivity contribution in [3.63, 3.8) is 0 Å². The van der Waals surface area contributed by atoms with E-state index in [0.717, 1.165) is 11.1 Å². The van der Waals surface area contributed by atoms with Crippen molar-refractivity contribution in [1.29, 1.82) is 0 Å². The summed E-state index contributed by atoms with van der Waals surface area (Å²) in [6.45, 7) is 1.09. The number of rotatable bonds is 12. The second-order valence-corrected chi connectivity index (χ2v) is 10.2. The first-order chi connectivity index (χ1) is 18.9. The van der Waals surface area contributed by atoms with Crippen LogP contribution in [0, 0.1) is 0 Å². The van der Waals surface area contributed by atoms with Crippen molar-refractivity contribution < 1.29 is 35.0 Å². The average molecular weight is 558 g/mol. The van der Waals surface area contributed by atoms with E-state index in [9.17, 15) is 25.5 Å². The van der Waals surface area contributed by atoms with Crippen LogP contribution in [0.1, 0.15) is 34.8 Å². The number of halogens is 1. The van der Waals surface area contributed by atoms with Gasteiger partial charge in [-0.25, -0.2) is 0 Å². The van der Waals surface area contributed by atoms with Gasteiger partial charge in [0.25, 0.3) is 0 Å². The fraction of sp³-hybridized carbons (Fsp3) is 0.400. The van der Waals surface area contributed by atoms with Crippen LogP contribution in [0.2, 0.25) is 5.02 Å². The lowest BCUT2D eigenvalue weighted by molar-refractivity contribution is -0.231. The molecule has 0 amide bonds. The van der Waals surface area contributed by atoms with Gasteiger partial charge in [0.15, 0.2) is 0 Å². The first-order valence-corrected chi connectivity index (χ1v) is 13.5. The molecule has 0 saturated carbocycles. The van der Waals surface area contributed by atoms with Crippen molar-refractivity contribution in [3.05, 3.63) is 100 Å². The van der Waals surface area contributed by atoms with Crippen LogP contribution in [-0.2, 0) is 17.7 Å². The predicted octanol–water partition coefficient (Wildman–Crippen LogP) is 2.37. The Morgan fingerprint density at radius 3 is 2.36 bits per heavy atom. The molecular formula is C30H36ClNO7. The quantitative estimate of drug-likeness (QED) is 0.200. The van der Waals surface area contributed by atoms with Gasteiger partial charge in [-0.05, 0) is 46.9 Å². The minimum absolute atomic E-state index is 0.389.